The Morgan fingerprint density at radius 3 is 2.63 bits per heavy atom. The number of hydrogen-bond donors (Lipinski definition) is 0. The molecule has 1 atom stereocenters. The Labute approximate surface area is 158 Å². The molecule has 0 spiro atoms. The molecule has 27 heavy (non-hydrogen) atoms. The molecular formula is C20H20FNO4S. The largest absolute Gasteiger partial charge is 0.463 e. The second-order valence-electron chi connectivity index (χ2n) is 6.20. The van der Waals surface area contributed by atoms with E-state index in [0.717, 1.165) is 15.9 Å². The smallest absolute Gasteiger partial charge is 0.335 e. The number of benzene rings is 2. The van der Waals surface area contributed by atoms with Crippen LogP contribution < -0.4 is 0 Å². The first-order chi connectivity index (χ1) is 12.9. The van der Waals surface area contributed by atoms with Crippen molar-refractivity contribution in [2.45, 2.75) is 24.8 Å². The van der Waals surface area contributed by atoms with Crippen LogP contribution >= 0.6 is 0 Å². The highest BCUT2D eigenvalue weighted by Crippen LogP contribution is 2.38. The minimum atomic E-state index is -4.16. The molecule has 7 heteroatoms. The van der Waals surface area contributed by atoms with Crippen LogP contribution in [0.3, 0.4) is 0 Å². The second kappa shape index (κ2) is 7.62. The molecule has 2 aromatic rings. The van der Waals surface area contributed by atoms with E-state index in [0.29, 0.717) is 5.56 Å². The molecule has 1 aliphatic heterocycles. The van der Waals surface area contributed by atoms with Gasteiger partial charge in [0, 0.05) is 6.54 Å². The van der Waals surface area contributed by atoms with E-state index in [2.05, 4.69) is 0 Å². The van der Waals surface area contributed by atoms with Crippen molar-refractivity contribution in [1.29, 1.82) is 0 Å². The fourth-order valence-electron chi connectivity index (χ4n) is 3.17. The van der Waals surface area contributed by atoms with E-state index < -0.39 is 32.7 Å². The van der Waals surface area contributed by atoms with E-state index >= 15 is 0 Å². The number of halogens is 1. The first-order valence-electron chi connectivity index (χ1n) is 8.56. The molecule has 0 saturated heterocycles. The SMILES string of the molecule is CCOC(=O)C1=CCN(S(=O)(=O)c2ccccc2F)C1c1cccc(C)c1. The van der Waals surface area contributed by atoms with Crippen molar-refractivity contribution >= 4 is 16.0 Å². The van der Waals surface area contributed by atoms with Crippen LogP contribution in [0.4, 0.5) is 4.39 Å². The lowest BCUT2D eigenvalue weighted by molar-refractivity contribution is -0.138. The average molecular weight is 389 g/mol. The second-order valence-corrected chi connectivity index (χ2v) is 8.06. The highest BCUT2D eigenvalue weighted by atomic mass is 32.2. The zero-order chi connectivity index (χ0) is 19.6. The average Bonchev–Trinajstić information content (AvgIpc) is 3.08. The monoisotopic (exact) mass is 389 g/mol. The Kier molecular flexibility index (Phi) is 5.43. The van der Waals surface area contributed by atoms with Gasteiger partial charge in [-0.15, -0.1) is 0 Å². The summed E-state index contributed by atoms with van der Waals surface area (Å²) in [5.74, 6) is -1.40. The van der Waals surface area contributed by atoms with Gasteiger partial charge in [-0.25, -0.2) is 17.6 Å². The number of ether oxygens (including phenoxy) is 1. The Morgan fingerprint density at radius 1 is 1.22 bits per heavy atom. The minimum absolute atomic E-state index is 0.0383. The number of carbonyl (C=O) groups is 1. The van der Waals surface area contributed by atoms with Crippen molar-refractivity contribution < 1.29 is 22.3 Å². The first-order valence-corrected chi connectivity index (χ1v) is 10.0. The first kappa shape index (κ1) is 19.3. The van der Waals surface area contributed by atoms with E-state index in [9.17, 15) is 17.6 Å². The molecule has 1 aliphatic rings. The summed E-state index contributed by atoms with van der Waals surface area (Å²) in [7, 11) is -4.16. The number of carbonyl (C=O) groups excluding carboxylic acids is 1. The summed E-state index contributed by atoms with van der Waals surface area (Å²) in [6, 6.07) is 11.6. The lowest BCUT2D eigenvalue weighted by Crippen LogP contribution is -2.34. The number of rotatable bonds is 5. The van der Waals surface area contributed by atoms with Gasteiger partial charge in [0.25, 0.3) is 0 Å². The van der Waals surface area contributed by atoms with E-state index in [1.54, 1.807) is 19.1 Å². The number of hydrogen-bond acceptors (Lipinski definition) is 4. The molecule has 1 unspecified atom stereocenters. The minimum Gasteiger partial charge on any atom is -0.463 e. The molecule has 0 saturated carbocycles. The van der Waals surface area contributed by atoms with Gasteiger partial charge in [-0.05, 0) is 31.5 Å². The van der Waals surface area contributed by atoms with Gasteiger partial charge >= 0.3 is 5.97 Å². The standard InChI is InChI=1S/C20H20FNO4S/c1-3-26-20(23)16-11-12-22(19(16)15-8-6-7-14(2)13-15)27(24,25)18-10-5-4-9-17(18)21/h4-11,13,19H,3,12H2,1-2H3. The van der Waals surface area contributed by atoms with Crippen LogP contribution in [0, 0.1) is 12.7 Å². The van der Waals surface area contributed by atoms with Gasteiger partial charge in [-0.2, -0.15) is 4.31 Å². The summed E-state index contributed by atoms with van der Waals surface area (Å²) in [4.78, 5) is 12.0. The fraction of sp³-hybridized carbons (Fsp3) is 0.250. The predicted octanol–water partition coefficient (Wildman–Crippen LogP) is 3.37. The normalized spacial score (nSPS) is 17.6. The summed E-state index contributed by atoms with van der Waals surface area (Å²) in [5.41, 5.74) is 1.79. The van der Waals surface area contributed by atoms with E-state index in [4.69, 9.17) is 4.74 Å². The lowest BCUT2D eigenvalue weighted by atomic mass is 9.99. The number of aryl methyl sites for hydroxylation is 1. The zero-order valence-corrected chi connectivity index (χ0v) is 15.9. The van der Waals surface area contributed by atoms with Crippen LogP contribution in [0.25, 0.3) is 0 Å². The molecule has 0 amide bonds. The highest BCUT2D eigenvalue weighted by molar-refractivity contribution is 7.89. The van der Waals surface area contributed by atoms with Gasteiger partial charge in [0.05, 0.1) is 18.2 Å². The molecule has 2 aromatic carbocycles. The predicted molar refractivity (Wildman–Crippen MR) is 98.9 cm³/mol. The Balaban J connectivity index is 2.10. The van der Waals surface area contributed by atoms with E-state index in [1.165, 1.54) is 24.3 Å². The Morgan fingerprint density at radius 2 is 1.96 bits per heavy atom. The number of esters is 1. The van der Waals surface area contributed by atoms with Crippen molar-refractivity contribution in [2.24, 2.45) is 0 Å². The van der Waals surface area contributed by atoms with Crippen LogP contribution in [0.5, 0.6) is 0 Å². The van der Waals surface area contributed by atoms with Crippen molar-refractivity contribution in [3.05, 3.63) is 77.1 Å². The molecule has 1 heterocycles. The Bertz CT molecular complexity index is 1000. The summed E-state index contributed by atoms with van der Waals surface area (Å²) < 4.78 is 46.7. The molecule has 5 nitrogen and oxygen atoms in total. The highest BCUT2D eigenvalue weighted by Gasteiger charge is 2.41. The summed E-state index contributed by atoms with van der Waals surface area (Å²) in [6.07, 6.45) is 1.53. The molecule has 0 aliphatic carbocycles. The molecular weight excluding hydrogens is 369 g/mol. The fourth-order valence-corrected chi connectivity index (χ4v) is 4.77. The molecule has 0 N–H and O–H groups in total. The van der Waals surface area contributed by atoms with Gasteiger partial charge in [0.2, 0.25) is 10.0 Å². The summed E-state index contributed by atoms with van der Waals surface area (Å²) in [6.45, 7) is 3.70. The van der Waals surface area contributed by atoms with Crippen LogP contribution in [0.15, 0.2) is 65.1 Å². The third-order valence-corrected chi connectivity index (χ3v) is 6.23. The number of nitrogens with zero attached hydrogens (tertiary/aromatic N) is 1. The van der Waals surface area contributed by atoms with Crippen molar-refractivity contribution in [1.82, 2.24) is 4.31 Å². The van der Waals surface area contributed by atoms with Gasteiger partial charge in [0.15, 0.2) is 0 Å². The maximum absolute atomic E-state index is 14.2. The topological polar surface area (TPSA) is 63.7 Å². The van der Waals surface area contributed by atoms with Crippen LogP contribution in [0.2, 0.25) is 0 Å². The van der Waals surface area contributed by atoms with Gasteiger partial charge in [-0.3, -0.25) is 0 Å². The van der Waals surface area contributed by atoms with Crippen LogP contribution in [0.1, 0.15) is 24.1 Å². The third-order valence-electron chi connectivity index (χ3n) is 4.37. The van der Waals surface area contributed by atoms with Crippen molar-refractivity contribution in [2.75, 3.05) is 13.2 Å². The summed E-state index contributed by atoms with van der Waals surface area (Å²) >= 11 is 0. The van der Waals surface area contributed by atoms with E-state index in [1.807, 2.05) is 19.1 Å². The third kappa shape index (κ3) is 3.65. The molecule has 0 fully saturated rings. The van der Waals surface area contributed by atoms with Crippen LogP contribution in [-0.2, 0) is 19.6 Å². The lowest BCUT2D eigenvalue weighted by Gasteiger charge is -2.27. The van der Waals surface area contributed by atoms with Gasteiger partial charge in [0.1, 0.15) is 10.7 Å². The van der Waals surface area contributed by atoms with Gasteiger partial charge < -0.3 is 4.74 Å². The van der Waals surface area contributed by atoms with Crippen molar-refractivity contribution in [3.8, 4) is 0 Å². The molecule has 0 radical (unpaired) electrons. The van der Waals surface area contributed by atoms with Gasteiger partial charge in [-0.1, -0.05) is 48.0 Å². The van der Waals surface area contributed by atoms with Crippen molar-refractivity contribution in [3.63, 3.8) is 0 Å². The maximum Gasteiger partial charge on any atom is 0.335 e. The van der Waals surface area contributed by atoms with Crippen LogP contribution in [-0.4, -0.2) is 31.8 Å². The maximum atomic E-state index is 14.2. The molecule has 3 rings (SSSR count). The summed E-state index contributed by atoms with van der Waals surface area (Å²) in [5, 5.41) is 0. The Hall–Kier alpha value is -2.51. The number of sulfonamides is 1. The quantitative estimate of drug-likeness (QED) is 0.736. The molecule has 0 aromatic heterocycles. The molecule has 0 bridgehead atoms. The van der Waals surface area contributed by atoms with E-state index in [-0.39, 0.29) is 18.7 Å². The molecule has 142 valence electrons. The zero-order valence-electron chi connectivity index (χ0n) is 15.1.